The molecule has 1 saturated heterocycles. The lowest BCUT2D eigenvalue weighted by molar-refractivity contribution is 0.0827. The summed E-state index contributed by atoms with van der Waals surface area (Å²) in [6, 6.07) is 5.61. The lowest BCUT2D eigenvalue weighted by Gasteiger charge is -2.27. The van der Waals surface area contributed by atoms with E-state index in [4.69, 9.17) is 0 Å². The molecule has 1 aliphatic heterocycles. The molecule has 0 bridgehead atoms. The molecule has 126 valence electrons. The van der Waals surface area contributed by atoms with Gasteiger partial charge in [0, 0.05) is 37.9 Å². The van der Waals surface area contributed by atoms with E-state index in [0.29, 0.717) is 11.3 Å². The number of aryl methyl sites for hydroxylation is 1. The highest BCUT2D eigenvalue weighted by atomic mass is 16.2. The molecule has 1 atom stereocenters. The largest absolute Gasteiger partial charge is 0.345 e. The highest BCUT2D eigenvalue weighted by Gasteiger charge is 2.22. The van der Waals surface area contributed by atoms with Crippen LogP contribution in [0.25, 0.3) is 0 Å². The molecule has 1 aromatic rings. The Kier molecular flexibility index (Phi) is 5.64. The summed E-state index contributed by atoms with van der Waals surface area (Å²) in [4.78, 5) is 28.2. The molecule has 0 spiro atoms. The maximum absolute atomic E-state index is 12.6. The maximum atomic E-state index is 12.6. The Hall–Kier alpha value is -2.04. The number of anilines is 1. The summed E-state index contributed by atoms with van der Waals surface area (Å²) in [5.41, 5.74) is 2.25. The van der Waals surface area contributed by atoms with Crippen molar-refractivity contribution in [2.45, 2.75) is 45.6 Å². The summed E-state index contributed by atoms with van der Waals surface area (Å²) in [5, 5.41) is 2.99. The van der Waals surface area contributed by atoms with Crippen molar-refractivity contribution < 1.29 is 9.59 Å². The number of hydrogen-bond donors (Lipinski definition) is 1. The Morgan fingerprint density at radius 3 is 2.65 bits per heavy atom. The fourth-order valence-electron chi connectivity index (χ4n) is 2.91. The van der Waals surface area contributed by atoms with E-state index in [1.54, 1.807) is 26.2 Å². The van der Waals surface area contributed by atoms with Gasteiger partial charge >= 0.3 is 6.03 Å². The van der Waals surface area contributed by atoms with Crippen LogP contribution in [0, 0.1) is 6.92 Å². The van der Waals surface area contributed by atoms with Gasteiger partial charge in [0.1, 0.15) is 0 Å². The van der Waals surface area contributed by atoms with E-state index in [2.05, 4.69) is 12.2 Å². The Balaban J connectivity index is 2.16. The zero-order valence-electron chi connectivity index (χ0n) is 14.6. The van der Waals surface area contributed by atoms with E-state index >= 15 is 0 Å². The van der Waals surface area contributed by atoms with Crippen molar-refractivity contribution in [3.8, 4) is 0 Å². The van der Waals surface area contributed by atoms with Crippen LogP contribution in [0.3, 0.4) is 0 Å². The van der Waals surface area contributed by atoms with Crippen LogP contribution < -0.4 is 5.32 Å². The minimum atomic E-state index is -0.0723. The van der Waals surface area contributed by atoms with Crippen LogP contribution in [0.5, 0.6) is 0 Å². The molecule has 3 amide bonds. The van der Waals surface area contributed by atoms with Crippen molar-refractivity contribution in [1.29, 1.82) is 0 Å². The van der Waals surface area contributed by atoms with Gasteiger partial charge in [-0.2, -0.15) is 0 Å². The summed E-state index contributed by atoms with van der Waals surface area (Å²) in [5.74, 6) is -0.0661. The molecule has 5 nitrogen and oxygen atoms in total. The van der Waals surface area contributed by atoms with Crippen LogP contribution in [0.15, 0.2) is 18.2 Å². The van der Waals surface area contributed by atoms with Gasteiger partial charge in [0.25, 0.3) is 5.91 Å². The number of hydrogen-bond acceptors (Lipinski definition) is 2. The molecular weight excluding hydrogens is 290 g/mol. The van der Waals surface area contributed by atoms with Crippen LogP contribution in [0.4, 0.5) is 10.5 Å². The van der Waals surface area contributed by atoms with Crippen molar-refractivity contribution in [1.82, 2.24) is 9.80 Å². The quantitative estimate of drug-likeness (QED) is 0.907. The summed E-state index contributed by atoms with van der Waals surface area (Å²) in [7, 11) is 3.44. The van der Waals surface area contributed by atoms with E-state index in [-0.39, 0.29) is 18.0 Å². The summed E-state index contributed by atoms with van der Waals surface area (Å²) >= 11 is 0. The zero-order valence-corrected chi connectivity index (χ0v) is 14.6. The van der Waals surface area contributed by atoms with Crippen LogP contribution in [0.2, 0.25) is 0 Å². The second kappa shape index (κ2) is 7.49. The number of rotatable bonds is 2. The van der Waals surface area contributed by atoms with Gasteiger partial charge in [-0.05, 0) is 44.4 Å². The van der Waals surface area contributed by atoms with Gasteiger partial charge in [0.2, 0.25) is 0 Å². The average Bonchev–Trinajstić information content (AvgIpc) is 2.73. The van der Waals surface area contributed by atoms with Crippen molar-refractivity contribution in [3.63, 3.8) is 0 Å². The zero-order chi connectivity index (χ0) is 17.0. The molecule has 23 heavy (non-hydrogen) atoms. The fourth-order valence-corrected chi connectivity index (χ4v) is 2.91. The van der Waals surface area contributed by atoms with Gasteiger partial charge in [-0.1, -0.05) is 18.9 Å². The first-order valence-electron chi connectivity index (χ1n) is 8.30. The fraction of sp³-hybridized carbons (Fsp3) is 0.556. The summed E-state index contributed by atoms with van der Waals surface area (Å²) in [6.07, 6.45) is 4.46. The summed E-state index contributed by atoms with van der Waals surface area (Å²) < 4.78 is 0. The van der Waals surface area contributed by atoms with E-state index in [1.165, 1.54) is 17.7 Å². The number of likely N-dealkylation sites (tertiary alicyclic amines) is 1. The second-order valence-corrected chi connectivity index (χ2v) is 6.55. The molecule has 1 N–H and O–H groups in total. The number of carbonyl (C=O) groups excluding carboxylic acids is 2. The molecule has 1 heterocycles. The molecule has 5 heteroatoms. The highest BCUT2D eigenvalue weighted by Crippen LogP contribution is 2.21. The lowest BCUT2D eigenvalue weighted by Crippen LogP contribution is -2.41. The molecule has 0 radical (unpaired) electrons. The van der Waals surface area contributed by atoms with Gasteiger partial charge in [-0.25, -0.2) is 4.79 Å². The average molecular weight is 317 g/mol. The van der Waals surface area contributed by atoms with E-state index in [0.717, 1.165) is 24.9 Å². The molecular formula is C18H27N3O2. The maximum Gasteiger partial charge on any atom is 0.322 e. The smallest absolute Gasteiger partial charge is 0.322 e. The van der Waals surface area contributed by atoms with E-state index < -0.39 is 0 Å². The monoisotopic (exact) mass is 317 g/mol. The van der Waals surface area contributed by atoms with Crippen LogP contribution in [-0.2, 0) is 0 Å². The number of nitrogens with zero attached hydrogens (tertiary/aromatic N) is 2. The number of carbonyl (C=O) groups is 2. The second-order valence-electron chi connectivity index (χ2n) is 6.55. The minimum absolute atomic E-state index is 0.0661. The van der Waals surface area contributed by atoms with Crippen molar-refractivity contribution >= 4 is 17.6 Å². The summed E-state index contributed by atoms with van der Waals surface area (Å²) in [6.45, 7) is 4.83. The van der Waals surface area contributed by atoms with Crippen molar-refractivity contribution in [2.75, 3.05) is 26.0 Å². The molecule has 1 fully saturated rings. The third-order valence-corrected chi connectivity index (χ3v) is 4.45. The van der Waals surface area contributed by atoms with Gasteiger partial charge in [-0.3, -0.25) is 4.79 Å². The third kappa shape index (κ3) is 4.24. The number of amides is 3. The molecule has 0 saturated carbocycles. The topological polar surface area (TPSA) is 52.7 Å². The Morgan fingerprint density at radius 2 is 1.96 bits per heavy atom. The standard InChI is InChI=1S/C18H27N3O2/c1-13-9-10-15(17(22)20(3)4)12-16(13)19-18(23)21-11-7-5-6-8-14(21)2/h9-10,12,14H,5-8,11H2,1-4H3,(H,19,23)/t14-/m0/s1. The first kappa shape index (κ1) is 17.3. The predicted molar refractivity (Wildman–Crippen MR) is 92.9 cm³/mol. The first-order valence-corrected chi connectivity index (χ1v) is 8.30. The molecule has 2 rings (SSSR count). The Labute approximate surface area is 138 Å². The predicted octanol–water partition coefficient (Wildman–Crippen LogP) is 3.49. The Morgan fingerprint density at radius 1 is 1.22 bits per heavy atom. The Bertz CT molecular complexity index is 584. The normalized spacial score (nSPS) is 18.3. The van der Waals surface area contributed by atoms with Crippen LogP contribution in [-0.4, -0.2) is 48.4 Å². The number of benzene rings is 1. The SMILES string of the molecule is Cc1ccc(C(=O)N(C)C)cc1NC(=O)N1CCCCC[C@@H]1C. The van der Waals surface area contributed by atoms with Gasteiger partial charge in [-0.15, -0.1) is 0 Å². The lowest BCUT2D eigenvalue weighted by atomic mass is 10.1. The highest BCUT2D eigenvalue weighted by molar-refractivity contribution is 5.97. The van der Waals surface area contributed by atoms with Gasteiger partial charge in [0.15, 0.2) is 0 Å². The first-order chi connectivity index (χ1) is 10.9. The van der Waals surface area contributed by atoms with Crippen molar-refractivity contribution in [2.24, 2.45) is 0 Å². The van der Waals surface area contributed by atoms with E-state index in [1.807, 2.05) is 17.9 Å². The van der Waals surface area contributed by atoms with E-state index in [9.17, 15) is 9.59 Å². The number of nitrogens with one attached hydrogen (secondary N) is 1. The minimum Gasteiger partial charge on any atom is -0.345 e. The third-order valence-electron chi connectivity index (χ3n) is 4.45. The van der Waals surface area contributed by atoms with Crippen LogP contribution >= 0.6 is 0 Å². The molecule has 1 aliphatic rings. The van der Waals surface area contributed by atoms with Gasteiger partial charge < -0.3 is 15.1 Å². The number of urea groups is 1. The van der Waals surface area contributed by atoms with Crippen LogP contribution in [0.1, 0.15) is 48.5 Å². The molecule has 0 unspecified atom stereocenters. The molecule has 1 aromatic carbocycles. The molecule has 0 aromatic heterocycles. The van der Waals surface area contributed by atoms with Crippen molar-refractivity contribution in [3.05, 3.63) is 29.3 Å². The molecule has 0 aliphatic carbocycles. The van der Waals surface area contributed by atoms with Gasteiger partial charge in [0.05, 0.1) is 0 Å².